The molecule has 0 heterocycles. The molecule has 3 nitrogen and oxygen atoms in total. The number of nitrogens with one attached hydrogen (secondary N) is 2. The Kier molecular flexibility index (Phi) is 10.0. The molecule has 1 atom stereocenters. The van der Waals surface area contributed by atoms with Crippen LogP contribution in [0.15, 0.2) is 29.3 Å². The molecule has 0 radical (unpaired) electrons. The Morgan fingerprint density at radius 3 is 2.74 bits per heavy atom. The SMILES string of the molecule is CCC(C)NC(=NC)NCCc1cccc(Cl)c1.I. The van der Waals surface area contributed by atoms with Crippen molar-refractivity contribution in [2.45, 2.75) is 32.7 Å². The summed E-state index contributed by atoms with van der Waals surface area (Å²) in [6.45, 7) is 5.14. The first-order chi connectivity index (χ1) is 8.65. The standard InChI is InChI=1S/C14H22ClN3.HI/c1-4-11(2)18-14(16-3)17-9-8-12-6-5-7-13(15)10-12;/h5-7,10-11H,4,8-9H2,1-3H3,(H2,16,17,18);1H. The number of nitrogens with zero attached hydrogens (tertiary/aromatic N) is 1. The largest absolute Gasteiger partial charge is 0.356 e. The lowest BCUT2D eigenvalue weighted by atomic mass is 10.1. The van der Waals surface area contributed by atoms with E-state index in [0.29, 0.717) is 6.04 Å². The van der Waals surface area contributed by atoms with E-state index in [9.17, 15) is 0 Å². The molecule has 2 N–H and O–H groups in total. The third kappa shape index (κ3) is 7.62. The highest BCUT2D eigenvalue weighted by Crippen LogP contribution is 2.10. The van der Waals surface area contributed by atoms with Crippen molar-refractivity contribution in [3.05, 3.63) is 34.9 Å². The number of hydrogen-bond donors (Lipinski definition) is 2. The summed E-state index contributed by atoms with van der Waals surface area (Å²) in [5, 5.41) is 7.41. The summed E-state index contributed by atoms with van der Waals surface area (Å²) in [6, 6.07) is 8.38. The second-order valence-corrected chi connectivity index (χ2v) is 4.77. The van der Waals surface area contributed by atoms with Crippen molar-refractivity contribution in [2.24, 2.45) is 4.99 Å². The molecule has 0 aliphatic heterocycles. The van der Waals surface area contributed by atoms with Crippen LogP contribution in [0.2, 0.25) is 5.02 Å². The van der Waals surface area contributed by atoms with Gasteiger partial charge < -0.3 is 10.6 Å². The molecule has 0 aromatic heterocycles. The van der Waals surface area contributed by atoms with E-state index in [2.05, 4.69) is 35.5 Å². The van der Waals surface area contributed by atoms with Crippen LogP contribution >= 0.6 is 35.6 Å². The first-order valence-corrected chi connectivity index (χ1v) is 6.75. The summed E-state index contributed by atoms with van der Waals surface area (Å²) >= 11 is 5.94. The molecule has 0 saturated carbocycles. The molecule has 0 bridgehead atoms. The number of halogens is 2. The average Bonchev–Trinajstić information content (AvgIpc) is 2.37. The third-order valence-corrected chi connectivity index (χ3v) is 3.05. The van der Waals surface area contributed by atoms with E-state index in [1.165, 1.54) is 5.56 Å². The van der Waals surface area contributed by atoms with Crippen LogP contribution in [0.25, 0.3) is 0 Å². The predicted octanol–water partition coefficient (Wildman–Crippen LogP) is 3.46. The Hall–Kier alpha value is -0.490. The van der Waals surface area contributed by atoms with E-state index in [1.807, 2.05) is 18.2 Å². The van der Waals surface area contributed by atoms with Crippen molar-refractivity contribution in [1.82, 2.24) is 10.6 Å². The first-order valence-electron chi connectivity index (χ1n) is 6.37. The summed E-state index contributed by atoms with van der Waals surface area (Å²) in [4.78, 5) is 4.19. The number of benzene rings is 1. The maximum absolute atomic E-state index is 5.94. The van der Waals surface area contributed by atoms with Crippen molar-refractivity contribution in [3.63, 3.8) is 0 Å². The molecule has 1 aromatic carbocycles. The van der Waals surface area contributed by atoms with E-state index < -0.39 is 0 Å². The Morgan fingerprint density at radius 1 is 1.42 bits per heavy atom. The highest BCUT2D eigenvalue weighted by atomic mass is 127. The van der Waals surface area contributed by atoms with Gasteiger partial charge in [-0.25, -0.2) is 0 Å². The first kappa shape index (κ1) is 18.5. The molecule has 0 fully saturated rings. The molecular weight excluding hydrogens is 373 g/mol. The second-order valence-electron chi connectivity index (χ2n) is 4.33. The smallest absolute Gasteiger partial charge is 0.191 e. The van der Waals surface area contributed by atoms with Crippen molar-refractivity contribution in [2.75, 3.05) is 13.6 Å². The van der Waals surface area contributed by atoms with E-state index in [1.54, 1.807) is 7.05 Å². The minimum Gasteiger partial charge on any atom is -0.356 e. The van der Waals surface area contributed by atoms with Gasteiger partial charge in [0, 0.05) is 24.7 Å². The molecule has 1 unspecified atom stereocenters. The summed E-state index contributed by atoms with van der Waals surface area (Å²) in [5.74, 6) is 0.853. The lowest BCUT2D eigenvalue weighted by molar-refractivity contribution is 0.624. The number of guanidine groups is 1. The average molecular weight is 396 g/mol. The van der Waals surface area contributed by atoms with Crippen LogP contribution in [0.1, 0.15) is 25.8 Å². The molecule has 0 saturated heterocycles. The monoisotopic (exact) mass is 395 g/mol. The van der Waals surface area contributed by atoms with Gasteiger partial charge >= 0.3 is 0 Å². The van der Waals surface area contributed by atoms with Gasteiger partial charge in [0.25, 0.3) is 0 Å². The zero-order valence-electron chi connectivity index (χ0n) is 11.7. The lowest BCUT2D eigenvalue weighted by Crippen LogP contribution is -2.42. The molecule has 0 amide bonds. The van der Waals surface area contributed by atoms with Gasteiger partial charge in [0.05, 0.1) is 0 Å². The summed E-state index contributed by atoms with van der Waals surface area (Å²) in [7, 11) is 1.79. The maximum Gasteiger partial charge on any atom is 0.191 e. The van der Waals surface area contributed by atoms with Gasteiger partial charge in [0.2, 0.25) is 0 Å². The van der Waals surface area contributed by atoms with Crippen LogP contribution in [-0.4, -0.2) is 25.6 Å². The fourth-order valence-corrected chi connectivity index (χ4v) is 1.76. The fraction of sp³-hybridized carbons (Fsp3) is 0.500. The zero-order chi connectivity index (χ0) is 13.4. The lowest BCUT2D eigenvalue weighted by Gasteiger charge is -2.16. The quantitative estimate of drug-likeness (QED) is 0.455. The summed E-state index contributed by atoms with van der Waals surface area (Å²) < 4.78 is 0. The Bertz CT molecular complexity index is 396. The zero-order valence-corrected chi connectivity index (χ0v) is 14.8. The summed E-state index contributed by atoms with van der Waals surface area (Å²) in [5.41, 5.74) is 1.23. The van der Waals surface area contributed by atoms with Gasteiger partial charge in [-0.15, -0.1) is 24.0 Å². The molecular formula is C14H23ClIN3. The van der Waals surface area contributed by atoms with Gasteiger partial charge in [0.15, 0.2) is 5.96 Å². The highest BCUT2D eigenvalue weighted by Gasteiger charge is 2.02. The molecule has 108 valence electrons. The van der Waals surface area contributed by atoms with Crippen LogP contribution in [0, 0.1) is 0 Å². The van der Waals surface area contributed by atoms with Gasteiger partial charge in [0.1, 0.15) is 0 Å². The Labute approximate surface area is 138 Å². The van der Waals surface area contributed by atoms with Crippen LogP contribution < -0.4 is 10.6 Å². The predicted molar refractivity (Wildman–Crippen MR) is 94.8 cm³/mol. The fourth-order valence-electron chi connectivity index (χ4n) is 1.55. The van der Waals surface area contributed by atoms with Gasteiger partial charge in [-0.1, -0.05) is 30.7 Å². The van der Waals surface area contributed by atoms with Gasteiger partial charge in [-0.3, -0.25) is 4.99 Å². The molecule has 1 rings (SSSR count). The van der Waals surface area contributed by atoms with Crippen LogP contribution in [0.5, 0.6) is 0 Å². The van der Waals surface area contributed by atoms with E-state index in [4.69, 9.17) is 11.6 Å². The molecule has 19 heavy (non-hydrogen) atoms. The van der Waals surface area contributed by atoms with E-state index >= 15 is 0 Å². The normalized spacial score (nSPS) is 12.5. The number of hydrogen-bond acceptors (Lipinski definition) is 1. The number of aliphatic imine (C=N–C) groups is 1. The minimum absolute atomic E-state index is 0. The summed E-state index contributed by atoms with van der Waals surface area (Å²) in [6.07, 6.45) is 2.01. The van der Waals surface area contributed by atoms with Crippen LogP contribution in [-0.2, 0) is 6.42 Å². The molecule has 0 spiro atoms. The minimum atomic E-state index is 0. The highest BCUT2D eigenvalue weighted by molar-refractivity contribution is 14.0. The topological polar surface area (TPSA) is 36.4 Å². The molecule has 0 aliphatic carbocycles. The maximum atomic E-state index is 5.94. The molecule has 1 aromatic rings. The van der Waals surface area contributed by atoms with Crippen LogP contribution in [0.3, 0.4) is 0 Å². The van der Waals surface area contributed by atoms with Crippen molar-refractivity contribution in [1.29, 1.82) is 0 Å². The Morgan fingerprint density at radius 2 is 2.16 bits per heavy atom. The van der Waals surface area contributed by atoms with Crippen LogP contribution in [0.4, 0.5) is 0 Å². The van der Waals surface area contributed by atoms with Gasteiger partial charge in [-0.05, 0) is 37.5 Å². The van der Waals surface area contributed by atoms with Crippen molar-refractivity contribution < 1.29 is 0 Å². The Balaban J connectivity index is 0.00000324. The second kappa shape index (κ2) is 10.3. The van der Waals surface area contributed by atoms with Crippen molar-refractivity contribution in [3.8, 4) is 0 Å². The molecule has 5 heteroatoms. The van der Waals surface area contributed by atoms with E-state index in [-0.39, 0.29) is 24.0 Å². The molecule has 0 aliphatic rings. The number of rotatable bonds is 5. The van der Waals surface area contributed by atoms with E-state index in [0.717, 1.165) is 30.4 Å². The van der Waals surface area contributed by atoms with Gasteiger partial charge in [-0.2, -0.15) is 0 Å². The van der Waals surface area contributed by atoms with Crippen molar-refractivity contribution >= 4 is 41.5 Å². The third-order valence-electron chi connectivity index (χ3n) is 2.81.